The Morgan fingerprint density at radius 3 is 2.54 bits per heavy atom. The Labute approximate surface area is 147 Å². The lowest BCUT2D eigenvalue weighted by Gasteiger charge is -2.13. The molecule has 0 atom stereocenters. The van der Waals surface area contributed by atoms with Crippen molar-refractivity contribution in [3.63, 3.8) is 0 Å². The molecule has 1 aromatic heterocycles. The fourth-order valence-electron chi connectivity index (χ4n) is 2.37. The van der Waals surface area contributed by atoms with E-state index in [1.165, 1.54) is 6.07 Å². The van der Waals surface area contributed by atoms with Crippen LogP contribution in [0.15, 0.2) is 63.8 Å². The normalized spacial score (nSPS) is 10.6. The summed E-state index contributed by atoms with van der Waals surface area (Å²) in [6.45, 7) is 1.39. The molecular weight excluding hydrogens is 326 g/mol. The van der Waals surface area contributed by atoms with E-state index >= 15 is 0 Å². The molecule has 0 bridgehead atoms. The summed E-state index contributed by atoms with van der Waals surface area (Å²) in [5.74, 6) is 1.24. The lowest BCUT2D eigenvalue weighted by atomic mass is 10.1. The second-order valence-electron chi connectivity index (χ2n) is 5.62. The van der Waals surface area contributed by atoms with E-state index in [2.05, 4.69) is 4.90 Å². The summed E-state index contributed by atoms with van der Waals surface area (Å²) in [5.41, 5.74) is 1.32. The van der Waals surface area contributed by atoms with E-state index in [-0.39, 0.29) is 17.8 Å². The van der Waals surface area contributed by atoms with E-state index in [0.717, 1.165) is 12.1 Å². The van der Waals surface area contributed by atoms with E-state index in [0.29, 0.717) is 29.1 Å². The number of rotatable bonds is 5. The first kappa shape index (κ1) is 18.0. The lowest BCUT2D eigenvalue weighted by molar-refractivity contribution is 0.262. The monoisotopic (exact) mass is 345 g/mol. The van der Waals surface area contributed by atoms with Crippen LogP contribution in [0.3, 0.4) is 0 Å². The number of ether oxygens (including phenoxy) is 1. The maximum Gasteiger partial charge on any atom is 0.193 e. The molecule has 5 heteroatoms. The van der Waals surface area contributed by atoms with Crippen molar-refractivity contribution < 1.29 is 9.15 Å². The van der Waals surface area contributed by atoms with Crippen LogP contribution in [0.1, 0.15) is 0 Å². The Kier molecular flexibility index (Phi) is 6.01. The third kappa shape index (κ3) is 3.96. The van der Waals surface area contributed by atoms with Crippen molar-refractivity contribution in [1.82, 2.24) is 4.90 Å². The molecule has 0 aliphatic carbocycles. The predicted molar refractivity (Wildman–Crippen MR) is 99.2 cm³/mol. The Balaban J connectivity index is 0.00000208. The maximum absolute atomic E-state index is 12.3. The minimum Gasteiger partial charge on any atom is -0.491 e. The number of fused-ring (bicyclic) bond motifs is 1. The standard InChI is InChI=1S/C19H19NO3.ClH/c1-20(2)11-12-22-17-9-5-4-8-15(17)19-13-16(21)14-7-3-6-10-18(14)23-19;/h3-10,13H,11-12H2,1-2H3;1H. The summed E-state index contributed by atoms with van der Waals surface area (Å²) in [6.07, 6.45) is 0. The summed E-state index contributed by atoms with van der Waals surface area (Å²) < 4.78 is 11.8. The molecule has 0 aliphatic rings. The van der Waals surface area contributed by atoms with Crippen molar-refractivity contribution >= 4 is 23.4 Å². The van der Waals surface area contributed by atoms with Crippen molar-refractivity contribution in [2.45, 2.75) is 0 Å². The van der Waals surface area contributed by atoms with Crippen LogP contribution < -0.4 is 10.2 Å². The van der Waals surface area contributed by atoms with Gasteiger partial charge in [-0.25, -0.2) is 0 Å². The molecule has 1 heterocycles. The smallest absolute Gasteiger partial charge is 0.193 e. The van der Waals surface area contributed by atoms with Crippen molar-refractivity contribution in [1.29, 1.82) is 0 Å². The largest absolute Gasteiger partial charge is 0.491 e. The first-order valence-corrected chi connectivity index (χ1v) is 7.55. The molecule has 0 unspecified atom stereocenters. The van der Waals surface area contributed by atoms with Crippen molar-refractivity contribution in [2.24, 2.45) is 0 Å². The summed E-state index contributed by atoms with van der Waals surface area (Å²) in [4.78, 5) is 14.3. The highest BCUT2D eigenvalue weighted by Gasteiger charge is 2.11. The quantitative estimate of drug-likeness (QED) is 0.705. The average Bonchev–Trinajstić information content (AvgIpc) is 2.55. The van der Waals surface area contributed by atoms with Gasteiger partial charge in [0.15, 0.2) is 5.43 Å². The van der Waals surface area contributed by atoms with Gasteiger partial charge in [0.1, 0.15) is 23.7 Å². The van der Waals surface area contributed by atoms with Gasteiger partial charge in [-0.15, -0.1) is 12.4 Å². The fourth-order valence-corrected chi connectivity index (χ4v) is 2.37. The van der Waals surface area contributed by atoms with Gasteiger partial charge in [-0.1, -0.05) is 24.3 Å². The summed E-state index contributed by atoms with van der Waals surface area (Å²) >= 11 is 0. The predicted octanol–water partition coefficient (Wildman–Crippen LogP) is 3.82. The molecule has 0 aliphatic heterocycles. The van der Waals surface area contributed by atoms with E-state index in [1.807, 2.05) is 50.5 Å². The van der Waals surface area contributed by atoms with Gasteiger partial charge in [-0.2, -0.15) is 0 Å². The van der Waals surface area contributed by atoms with Gasteiger partial charge < -0.3 is 14.1 Å². The van der Waals surface area contributed by atoms with Gasteiger partial charge in [-0.05, 0) is 38.4 Å². The molecule has 0 radical (unpaired) electrons. The van der Waals surface area contributed by atoms with Crippen LogP contribution in [-0.2, 0) is 0 Å². The molecule has 4 nitrogen and oxygen atoms in total. The third-order valence-electron chi connectivity index (χ3n) is 3.58. The molecule has 0 saturated carbocycles. The van der Waals surface area contributed by atoms with Gasteiger partial charge in [0.05, 0.1) is 10.9 Å². The minimum atomic E-state index is -0.0510. The number of nitrogens with zero attached hydrogens (tertiary/aromatic N) is 1. The molecule has 24 heavy (non-hydrogen) atoms. The number of halogens is 1. The minimum absolute atomic E-state index is 0. The highest BCUT2D eigenvalue weighted by Crippen LogP contribution is 2.30. The molecule has 0 spiro atoms. The van der Waals surface area contributed by atoms with Gasteiger partial charge in [-0.3, -0.25) is 4.79 Å². The zero-order valence-electron chi connectivity index (χ0n) is 13.7. The zero-order chi connectivity index (χ0) is 16.2. The topological polar surface area (TPSA) is 42.7 Å². The number of hydrogen-bond donors (Lipinski definition) is 0. The highest BCUT2D eigenvalue weighted by molar-refractivity contribution is 5.85. The van der Waals surface area contributed by atoms with E-state index in [9.17, 15) is 4.79 Å². The summed E-state index contributed by atoms with van der Waals surface area (Å²) in [7, 11) is 4.00. The molecule has 126 valence electrons. The van der Waals surface area contributed by atoms with Crippen LogP contribution in [0.4, 0.5) is 0 Å². The van der Waals surface area contributed by atoms with Gasteiger partial charge in [0.25, 0.3) is 0 Å². The van der Waals surface area contributed by atoms with Crippen LogP contribution >= 0.6 is 12.4 Å². The summed E-state index contributed by atoms with van der Waals surface area (Å²) in [6, 6.07) is 16.4. The Hall–Kier alpha value is -2.30. The third-order valence-corrected chi connectivity index (χ3v) is 3.58. The second kappa shape index (κ2) is 7.99. The Morgan fingerprint density at radius 2 is 1.75 bits per heavy atom. The first-order valence-electron chi connectivity index (χ1n) is 7.55. The van der Waals surface area contributed by atoms with Crippen LogP contribution in [0.25, 0.3) is 22.3 Å². The fraction of sp³-hybridized carbons (Fsp3) is 0.211. The van der Waals surface area contributed by atoms with Crippen molar-refractivity contribution in [3.05, 3.63) is 64.8 Å². The summed E-state index contributed by atoms with van der Waals surface area (Å²) in [5, 5.41) is 0.585. The van der Waals surface area contributed by atoms with Gasteiger partial charge in [0.2, 0.25) is 0 Å². The molecule has 0 amide bonds. The molecule has 2 aromatic carbocycles. The maximum atomic E-state index is 12.3. The van der Waals surface area contributed by atoms with Gasteiger partial charge in [0, 0.05) is 12.6 Å². The number of hydrogen-bond acceptors (Lipinski definition) is 4. The average molecular weight is 346 g/mol. The molecular formula is C19H20ClNO3. The Bertz CT molecular complexity index is 874. The number of para-hydroxylation sites is 2. The van der Waals surface area contributed by atoms with Crippen molar-refractivity contribution in [2.75, 3.05) is 27.2 Å². The molecule has 3 rings (SSSR count). The van der Waals surface area contributed by atoms with Crippen LogP contribution in [0.5, 0.6) is 5.75 Å². The zero-order valence-corrected chi connectivity index (χ0v) is 14.5. The molecule has 3 aromatic rings. The van der Waals surface area contributed by atoms with E-state index in [4.69, 9.17) is 9.15 Å². The molecule has 0 saturated heterocycles. The SMILES string of the molecule is CN(C)CCOc1ccccc1-c1cc(=O)c2ccccc2o1.Cl. The molecule has 0 N–H and O–H groups in total. The van der Waals surface area contributed by atoms with Gasteiger partial charge >= 0.3 is 0 Å². The van der Waals surface area contributed by atoms with E-state index < -0.39 is 0 Å². The second-order valence-corrected chi connectivity index (χ2v) is 5.62. The lowest BCUT2D eigenvalue weighted by Crippen LogP contribution is -2.19. The Morgan fingerprint density at radius 1 is 1.04 bits per heavy atom. The van der Waals surface area contributed by atoms with E-state index in [1.54, 1.807) is 12.1 Å². The van der Waals surface area contributed by atoms with Crippen molar-refractivity contribution in [3.8, 4) is 17.1 Å². The number of likely N-dealkylation sites (N-methyl/N-ethyl adjacent to an activating group) is 1. The van der Waals surface area contributed by atoms with Crippen LogP contribution in [-0.4, -0.2) is 32.1 Å². The first-order chi connectivity index (χ1) is 11.1. The number of benzene rings is 2. The van der Waals surface area contributed by atoms with Crippen LogP contribution in [0.2, 0.25) is 0 Å². The molecule has 0 fully saturated rings. The highest BCUT2D eigenvalue weighted by atomic mass is 35.5. The van der Waals surface area contributed by atoms with Crippen LogP contribution in [0, 0.1) is 0 Å².